The van der Waals surface area contributed by atoms with E-state index in [1.165, 1.54) is 5.56 Å². The third-order valence-electron chi connectivity index (χ3n) is 6.72. The van der Waals surface area contributed by atoms with Crippen molar-refractivity contribution < 1.29 is 13.2 Å². The van der Waals surface area contributed by atoms with Gasteiger partial charge in [0.15, 0.2) is 0 Å². The minimum atomic E-state index is -3.65. The van der Waals surface area contributed by atoms with Crippen molar-refractivity contribution in [1.29, 1.82) is 0 Å². The predicted molar refractivity (Wildman–Crippen MR) is 113 cm³/mol. The molecule has 29 heavy (non-hydrogen) atoms. The summed E-state index contributed by atoms with van der Waals surface area (Å²) in [5.74, 6) is 0.0333. The van der Waals surface area contributed by atoms with E-state index in [-0.39, 0.29) is 17.5 Å². The Hall–Kier alpha value is -2.02. The minimum Gasteiger partial charge on any atom is -0.303 e. The van der Waals surface area contributed by atoms with Gasteiger partial charge in [0.2, 0.25) is 10.0 Å². The lowest BCUT2D eigenvalue weighted by molar-refractivity contribution is -0.109. The number of hydrogen-bond acceptors (Lipinski definition) is 4. The summed E-state index contributed by atoms with van der Waals surface area (Å²) in [6.45, 7) is 6.02. The van der Waals surface area contributed by atoms with Crippen molar-refractivity contribution in [2.75, 3.05) is 13.1 Å². The van der Waals surface area contributed by atoms with E-state index in [2.05, 4.69) is 24.0 Å². The van der Waals surface area contributed by atoms with Gasteiger partial charge >= 0.3 is 0 Å². The maximum Gasteiger partial charge on any atom is 0.244 e. The molecular weight excluding hydrogens is 384 g/mol. The van der Waals surface area contributed by atoms with Crippen LogP contribution in [0.5, 0.6) is 0 Å². The molecule has 4 rings (SSSR count). The molecule has 2 aliphatic heterocycles. The fraction of sp³-hybridized carbons (Fsp3) is 0.435. The third-order valence-corrected chi connectivity index (χ3v) is 8.55. The van der Waals surface area contributed by atoms with Crippen molar-refractivity contribution in [1.82, 2.24) is 9.21 Å². The van der Waals surface area contributed by atoms with Gasteiger partial charge in [0, 0.05) is 31.5 Å². The Balaban J connectivity index is 1.72. The fourth-order valence-corrected chi connectivity index (χ4v) is 6.79. The number of fused-ring (bicyclic) bond motifs is 1. The van der Waals surface area contributed by atoms with E-state index in [1.54, 1.807) is 16.4 Å². The van der Waals surface area contributed by atoms with E-state index >= 15 is 0 Å². The first-order valence-corrected chi connectivity index (χ1v) is 11.6. The lowest BCUT2D eigenvalue weighted by Crippen LogP contribution is -2.48. The molecule has 2 heterocycles. The van der Waals surface area contributed by atoms with Gasteiger partial charge in [-0.1, -0.05) is 55.0 Å². The third kappa shape index (κ3) is 3.54. The van der Waals surface area contributed by atoms with Gasteiger partial charge in [0.1, 0.15) is 6.29 Å². The Morgan fingerprint density at radius 3 is 2.45 bits per heavy atom. The van der Waals surface area contributed by atoms with Gasteiger partial charge in [0.25, 0.3) is 0 Å². The average molecular weight is 413 g/mol. The zero-order chi connectivity index (χ0) is 20.6. The Morgan fingerprint density at radius 1 is 1.10 bits per heavy atom. The highest BCUT2D eigenvalue weighted by atomic mass is 32.2. The summed E-state index contributed by atoms with van der Waals surface area (Å²) in [5.41, 5.74) is 1.97. The highest BCUT2D eigenvalue weighted by molar-refractivity contribution is 7.89. The van der Waals surface area contributed by atoms with Gasteiger partial charge in [-0.15, -0.1) is 0 Å². The second kappa shape index (κ2) is 7.67. The Kier molecular flexibility index (Phi) is 5.36. The smallest absolute Gasteiger partial charge is 0.244 e. The van der Waals surface area contributed by atoms with Crippen LogP contribution in [0.2, 0.25) is 0 Å². The molecule has 0 radical (unpaired) electrons. The number of carbonyl (C=O) groups is 1. The molecule has 0 bridgehead atoms. The Morgan fingerprint density at radius 2 is 1.79 bits per heavy atom. The van der Waals surface area contributed by atoms with Crippen LogP contribution in [0.1, 0.15) is 30.9 Å². The van der Waals surface area contributed by atoms with E-state index in [1.807, 2.05) is 37.3 Å². The zero-order valence-electron chi connectivity index (χ0n) is 17.0. The Bertz CT molecular complexity index is 975. The molecule has 154 valence electrons. The molecule has 2 fully saturated rings. The summed E-state index contributed by atoms with van der Waals surface area (Å²) < 4.78 is 28.8. The van der Waals surface area contributed by atoms with E-state index in [4.69, 9.17) is 0 Å². The molecule has 6 heteroatoms. The Labute approximate surface area is 173 Å². The maximum atomic E-state index is 13.6. The summed E-state index contributed by atoms with van der Waals surface area (Å²) in [5, 5.41) is 0. The monoisotopic (exact) mass is 412 g/mol. The number of nitrogens with zero attached hydrogens (tertiary/aromatic N) is 2. The molecule has 0 saturated carbocycles. The van der Waals surface area contributed by atoms with Crippen LogP contribution < -0.4 is 0 Å². The van der Waals surface area contributed by atoms with Crippen LogP contribution in [0.15, 0.2) is 59.5 Å². The van der Waals surface area contributed by atoms with Crippen molar-refractivity contribution >= 4 is 16.3 Å². The summed E-state index contributed by atoms with van der Waals surface area (Å²) in [6.07, 6.45) is 1.99. The van der Waals surface area contributed by atoms with E-state index in [9.17, 15) is 13.2 Å². The highest BCUT2D eigenvalue weighted by Crippen LogP contribution is 2.52. The van der Waals surface area contributed by atoms with Gasteiger partial charge in [0.05, 0.1) is 11.1 Å². The van der Waals surface area contributed by atoms with Gasteiger partial charge in [-0.25, -0.2) is 8.42 Å². The van der Waals surface area contributed by atoms with Crippen molar-refractivity contribution in [2.45, 2.75) is 44.3 Å². The van der Waals surface area contributed by atoms with Crippen LogP contribution in [-0.2, 0) is 21.4 Å². The molecule has 5 nitrogen and oxygen atoms in total. The first-order valence-electron chi connectivity index (χ1n) is 10.2. The number of sulfonamides is 1. The van der Waals surface area contributed by atoms with Crippen molar-refractivity contribution in [3.8, 4) is 0 Å². The molecular formula is C23H28N2O3S. The van der Waals surface area contributed by atoms with Crippen LogP contribution in [-0.4, -0.2) is 43.2 Å². The standard InChI is InChI=1S/C23H28N2O3S/c1-18-8-10-21(11-9-18)29(27,28)25-17-20(12-15-26)23(2)13-14-24(22(23)25)16-19-6-4-3-5-7-19/h3-11,15,20,22H,12-14,16-17H2,1-2H3/t20-,22+,23-/m1/s1. The van der Waals surface area contributed by atoms with Crippen molar-refractivity contribution in [3.63, 3.8) is 0 Å². The van der Waals surface area contributed by atoms with Crippen molar-refractivity contribution in [2.24, 2.45) is 11.3 Å². The molecule has 0 aliphatic carbocycles. The molecule has 0 unspecified atom stereocenters. The van der Waals surface area contributed by atoms with E-state index < -0.39 is 10.0 Å². The van der Waals surface area contributed by atoms with Gasteiger partial charge in [-0.2, -0.15) is 4.31 Å². The van der Waals surface area contributed by atoms with Crippen LogP contribution in [0.3, 0.4) is 0 Å². The SMILES string of the molecule is Cc1ccc(S(=O)(=O)N2C[C@@H](CC=O)[C@@]3(C)CCN(Cc4ccccc4)[C@@H]23)cc1. The fourth-order valence-electron chi connectivity index (χ4n) is 5.02. The normalized spacial score (nSPS) is 27.8. The number of aryl methyl sites for hydroxylation is 1. The largest absolute Gasteiger partial charge is 0.303 e. The zero-order valence-corrected chi connectivity index (χ0v) is 17.8. The quantitative estimate of drug-likeness (QED) is 0.682. The number of likely N-dealkylation sites (tertiary alicyclic amines) is 1. The summed E-state index contributed by atoms with van der Waals surface area (Å²) >= 11 is 0. The first kappa shape index (κ1) is 20.3. The molecule has 0 amide bonds. The van der Waals surface area contributed by atoms with Crippen LogP contribution in [0.4, 0.5) is 0 Å². The van der Waals surface area contributed by atoms with Gasteiger partial charge < -0.3 is 4.79 Å². The molecule has 3 atom stereocenters. The number of hydrogen-bond donors (Lipinski definition) is 0. The number of benzene rings is 2. The van der Waals surface area contributed by atoms with Gasteiger partial charge in [-0.3, -0.25) is 4.90 Å². The summed E-state index contributed by atoms with van der Waals surface area (Å²) in [4.78, 5) is 13.9. The number of aldehydes is 1. The predicted octanol–water partition coefficient (Wildman–Crippen LogP) is 3.44. The molecule has 2 aromatic carbocycles. The second-order valence-corrected chi connectivity index (χ2v) is 10.5. The lowest BCUT2D eigenvalue weighted by atomic mass is 9.76. The van der Waals surface area contributed by atoms with Crippen LogP contribution in [0, 0.1) is 18.3 Å². The first-order chi connectivity index (χ1) is 13.9. The number of rotatable bonds is 6. The summed E-state index contributed by atoms with van der Waals surface area (Å²) in [6, 6.07) is 17.2. The van der Waals surface area contributed by atoms with E-state index in [0.29, 0.717) is 24.4 Å². The van der Waals surface area contributed by atoms with Gasteiger partial charge in [-0.05, 0) is 37.0 Å². The molecule has 2 aliphatic rings. The molecule has 0 aromatic heterocycles. The van der Waals surface area contributed by atoms with E-state index in [0.717, 1.165) is 24.8 Å². The minimum absolute atomic E-state index is 0.0333. The summed E-state index contributed by atoms with van der Waals surface area (Å²) in [7, 11) is -3.65. The topological polar surface area (TPSA) is 57.7 Å². The molecule has 2 aromatic rings. The van der Waals surface area contributed by atoms with Crippen molar-refractivity contribution in [3.05, 3.63) is 65.7 Å². The lowest BCUT2D eigenvalue weighted by Gasteiger charge is -2.35. The molecule has 0 N–H and O–H groups in total. The van der Waals surface area contributed by atoms with Crippen LogP contribution >= 0.6 is 0 Å². The molecule has 0 spiro atoms. The van der Waals surface area contributed by atoms with Crippen LogP contribution in [0.25, 0.3) is 0 Å². The average Bonchev–Trinajstić information content (AvgIpc) is 3.18. The number of carbonyl (C=O) groups excluding carboxylic acids is 1. The maximum absolute atomic E-state index is 13.6. The highest BCUT2D eigenvalue weighted by Gasteiger charge is 2.59. The molecule has 2 saturated heterocycles. The second-order valence-electron chi connectivity index (χ2n) is 8.57.